The fourth-order valence-electron chi connectivity index (χ4n) is 10.4. The van der Waals surface area contributed by atoms with Crippen molar-refractivity contribution in [1.82, 2.24) is 39.9 Å². The fourth-order valence-corrected chi connectivity index (χ4v) is 10.4. The minimum atomic E-state index is 0. The van der Waals surface area contributed by atoms with Gasteiger partial charge in [0.05, 0.1) is 72.0 Å². The normalized spacial score (nSPS) is 9.88. The second-order valence-electron chi connectivity index (χ2n) is 22.4. The first-order valence-corrected chi connectivity index (χ1v) is 33.1. The summed E-state index contributed by atoms with van der Waals surface area (Å²) in [5.74, 6) is 6.85. The van der Waals surface area contributed by atoms with Gasteiger partial charge in [-0.1, -0.05) is 239 Å². The van der Waals surface area contributed by atoms with Crippen LogP contribution in [0.3, 0.4) is 0 Å². The number of ether oxygens (including phenoxy) is 5. The molecule has 2 aliphatic heterocycles. The molecule has 0 amide bonds. The quantitative estimate of drug-likeness (QED) is 0.0941. The summed E-state index contributed by atoms with van der Waals surface area (Å²) in [7, 11) is 8.41. The minimum absolute atomic E-state index is 0. The van der Waals surface area contributed by atoms with Crippen LogP contribution in [0.2, 0.25) is 0 Å². The number of benzene rings is 10. The molecule has 528 valence electrons. The topological polar surface area (TPSA) is 160 Å². The van der Waals surface area contributed by atoms with E-state index < -0.39 is 0 Å². The van der Waals surface area contributed by atoms with E-state index in [1.807, 2.05) is 158 Å². The van der Waals surface area contributed by atoms with Crippen LogP contribution in [0.5, 0.6) is 28.7 Å². The van der Waals surface area contributed by atoms with E-state index in [-0.39, 0.29) is 41.8 Å². The van der Waals surface area contributed by atoms with Crippen LogP contribution in [-0.4, -0.2) is 65.5 Å². The van der Waals surface area contributed by atoms with Crippen LogP contribution >= 0.6 is 0 Å². The molecule has 0 aliphatic carbocycles. The van der Waals surface area contributed by atoms with Gasteiger partial charge in [-0.15, -0.1) is 0 Å². The SMILES string of the molecule is C.C.C.CCc1ccc(OC)cc1.CCc1ccc(OC)cc1.CCc1ccc(OC)cc1.CCc1ccc(OC)cc1.CCc1ccc(OC)cc1.[C-]#[N+]c1ccccc1[N+]#[C-].[Zn].c1ccc2c(c1)-c1nc-2nc2[n-]c(nc3nc(nc4[n-]c(n1)c1ccccc41)-c1ccccc1-3)c1ccccc21. The minimum Gasteiger partial charge on any atom is -0.497 e. The second-order valence-corrected chi connectivity index (χ2v) is 22.4. The van der Waals surface area contributed by atoms with Crippen LogP contribution < -0.4 is 33.7 Å². The summed E-state index contributed by atoms with van der Waals surface area (Å²) >= 11 is 0. The Morgan fingerprint density at radius 1 is 0.269 bits per heavy atom. The predicted octanol–water partition coefficient (Wildman–Crippen LogP) is 22.1. The Balaban J connectivity index is 0.000000250. The van der Waals surface area contributed by atoms with Crippen LogP contribution in [-0.2, 0) is 51.6 Å². The van der Waals surface area contributed by atoms with Crippen molar-refractivity contribution in [2.45, 2.75) is 89.0 Å². The first-order chi connectivity index (χ1) is 49.0. The number of hydrogen-bond donors (Lipinski definition) is 0. The van der Waals surface area contributed by atoms with Crippen molar-refractivity contribution in [1.29, 1.82) is 0 Å². The molecule has 0 saturated heterocycles. The molecule has 0 unspecified atom stereocenters. The number of nitrogens with zero attached hydrogens (tertiary/aromatic N) is 10. The summed E-state index contributed by atoms with van der Waals surface area (Å²) in [5, 5.41) is 3.57. The number of aromatic nitrogens is 8. The van der Waals surface area contributed by atoms with E-state index in [1.54, 1.807) is 59.8 Å². The van der Waals surface area contributed by atoms with Crippen LogP contribution in [0, 0.1) is 13.1 Å². The molecule has 104 heavy (non-hydrogen) atoms. The number of hydrogen-bond acceptors (Lipinski definition) is 11. The Morgan fingerprint density at radius 3 is 0.625 bits per heavy atom. The van der Waals surface area contributed by atoms with Crippen LogP contribution in [0.15, 0.2) is 243 Å². The molecular formula is C88H92N10O5Zn-2. The molecule has 10 aromatic carbocycles. The van der Waals surface area contributed by atoms with Gasteiger partial charge in [0.15, 0.2) is 11.4 Å². The first-order valence-electron chi connectivity index (χ1n) is 33.1. The Kier molecular flexibility index (Phi) is 33.8. The molecule has 5 heterocycles. The molecule has 0 saturated carbocycles. The van der Waals surface area contributed by atoms with Crippen molar-refractivity contribution in [3.63, 3.8) is 0 Å². The summed E-state index contributed by atoms with van der Waals surface area (Å²) in [6.45, 7) is 24.0. The van der Waals surface area contributed by atoms with Gasteiger partial charge in [0.25, 0.3) is 0 Å². The van der Waals surface area contributed by atoms with Crippen LogP contribution in [0.25, 0.3) is 99.4 Å². The number of methoxy groups -OCH3 is 5. The fraction of sp³-hybridized carbons (Fsp3) is 0.205. The van der Waals surface area contributed by atoms with Gasteiger partial charge >= 0.3 is 0 Å². The van der Waals surface area contributed by atoms with E-state index in [9.17, 15) is 0 Å². The summed E-state index contributed by atoms with van der Waals surface area (Å²) in [4.78, 5) is 45.6. The maximum absolute atomic E-state index is 6.67. The Hall–Kier alpha value is -11.8. The molecule has 3 aromatic heterocycles. The smallest absolute Gasteiger partial charge is 0.194 e. The zero-order chi connectivity index (χ0) is 70.6. The van der Waals surface area contributed by atoms with Gasteiger partial charge in [0.2, 0.25) is 0 Å². The van der Waals surface area contributed by atoms with Crippen molar-refractivity contribution < 1.29 is 43.2 Å². The third kappa shape index (κ3) is 21.8. The van der Waals surface area contributed by atoms with E-state index in [2.05, 4.69) is 105 Å². The number of para-hydroxylation sites is 2. The standard InChI is InChI=1S/C32H16N8.5C9H12O.C8H4N2.3CH4.Zn/c1-2-10-18-17(9-1)25-33-26(18)38-28-21-13-5-6-14-22(21)30(35-28)40-32-24-16-8-7-15-23(24)31(36-32)39-29-20-12-4-3-11-19(20)27(34-29)37-25;5*1-3-8-4-6-9(10-2)7-5-8;1-9-7-5-3-4-6-8(7)10-2;;;;/h1-16H;5*4-7H,3H2,1-2H3;3-6H;3*1H4;/q-2;;;;;;;;;;. The van der Waals surface area contributed by atoms with Crippen molar-refractivity contribution in [3.05, 3.63) is 293 Å². The van der Waals surface area contributed by atoms with E-state index in [0.29, 0.717) is 57.3 Å². The van der Waals surface area contributed by atoms with Crippen molar-refractivity contribution in [2.75, 3.05) is 35.5 Å². The molecule has 0 radical (unpaired) electrons. The maximum atomic E-state index is 6.67. The average Bonchev–Trinajstić information content (AvgIpc) is 1.61. The first kappa shape index (κ1) is 82.8. The maximum Gasteiger partial charge on any atom is 0.194 e. The van der Waals surface area contributed by atoms with Crippen molar-refractivity contribution in [3.8, 4) is 74.3 Å². The monoisotopic (exact) mass is 1430 g/mol. The number of rotatable bonds is 10. The molecule has 0 N–H and O–H groups in total. The molecule has 8 bridgehead atoms. The Bertz CT molecular complexity index is 4310. The molecule has 13 aromatic rings. The van der Waals surface area contributed by atoms with Gasteiger partial charge in [-0.25, -0.2) is 9.97 Å². The molecule has 2 aliphatic rings. The Morgan fingerprint density at radius 2 is 0.452 bits per heavy atom. The third-order valence-electron chi connectivity index (χ3n) is 16.3. The van der Waals surface area contributed by atoms with Gasteiger partial charge in [-0.3, -0.25) is 9.69 Å². The molecule has 16 heteroatoms. The van der Waals surface area contributed by atoms with E-state index in [0.717, 1.165) is 105 Å². The second kappa shape index (κ2) is 42.4. The summed E-state index contributed by atoms with van der Waals surface area (Å²) in [6, 6.07) is 79.3. The number of fused-ring (bicyclic) bond motifs is 20. The van der Waals surface area contributed by atoms with E-state index in [1.165, 1.54) is 27.8 Å². The predicted molar refractivity (Wildman–Crippen MR) is 425 cm³/mol. The molecular weight excluding hydrogens is 1340 g/mol. The van der Waals surface area contributed by atoms with Gasteiger partial charge in [0, 0.05) is 64.3 Å². The van der Waals surface area contributed by atoms with Crippen molar-refractivity contribution in [2.24, 2.45) is 0 Å². The molecule has 15 nitrogen and oxygen atoms in total. The van der Waals surface area contributed by atoms with Gasteiger partial charge in [-0.2, -0.15) is 0 Å². The van der Waals surface area contributed by atoms with E-state index >= 15 is 0 Å². The molecule has 0 atom stereocenters. The van der Waals surface area contributed by atoms with Gasteiger partial charge < -0.3 is 53.6 Å². The van der Waals surface area contributed by atoms with Crippen molar-refractivity contribution >= 4 is 55.5 Å². The molecule has 0 fully saturated rings. The third-order valence-corrected chi connectivity index (χ3v) is 16.3. The van der Waals surface area contributed by atoms with E-state index in [4.69, 9.17) is 76.7 Å². The van der Waals surface area contributed by atoms with Gasteiger partial charge in [0.1, 0.15) is 28.7 Å². The average molecular weight is 1440 g/mol. The zero-order valence-electron chi connectivity index (χ0n) is 58.9. The molecule has 0 spiro atoms. The summed E-state index contributed by atoms with van der Waals surface area (Å²) in [6.07, 6.45) is 5.44. The largest absolute Gasteiger partial charge is 0.497 e. The molecule has 15 rings (SSSR count). The summed E-state index contributed by atoms with van der Waals surface area (Å²) < 4.78 is 25.1. The van der Waals surface area contributed by atoms with Crippen LogP contribution in [0.1, 0.15) is 84.7 Å². The number of aryl methyl sites for hydroxylation is 5. The van der Waals surface area contributed by atoms with Gasteiger partial charge in [-0.05, 0) is 142 Å². The summed E-state index contributed by atoms with van der Waals surface area (Å²) in [5.41, 5.74) is 13.4. The van der Waals surface area contributed by atoms with Crippen LogP contribution in [0.4, 0.5) is 11.4 Å². The zero-order valence-corrected chi connectivity index (χ0v) is 61.8. The Labute approximate surface area is 626 Å².